The standard InChI is InChI=1S/C34H44N4O4/c1-5-30(37(18-6-22-42-4)31-11-13-32-29(23-31)17-21-38(32)34(41)35-3)12-14-33(40)28-9-7-26(8-10-28)27-15-19-36(20-16-27)24-25(2)39/h5,7-13,17,21,23,25,27,39H,1,6,14-16,18-20,22,24H2,2-4H3,(H,35,41)/b30-12+/t25-/m1/s1. The largest absolute Gasteiger partial charge is 0.392 e. The number of benzene rings is 2. The van der Waals surface area contributed by atoms with E-state index in [4.69, 9.17) is 4.74 Å². The minimum Gasteiger partial charge on any atom is -0.392 e. The van der Waals surface area contributed by atoms with Gasteiger partial charge in [-0.1, -0.05) is 36.9 Å². The maximum absolute atomic E-state index is 13.2. The first-order chi connectivity index (χ1) is 20.3. The second-order valence-corrected chi connectivity index (χ2v) is 11.0. The molecule has 1 amide bonds. The smallest absolute Gasteiger partial charge is 0.325 e. The molecule has 1 aromatic heterocycles. The van der Waals surface area contributed by atoms with Crippen LogP contribution in [0.2, 0.25) is 0 Å². The number of hydrogen-bond donors (Lipinski definition) is 2. The molecule has 2 N–H and O–H groups in total. The average molecular weight is 573 g/mol. The maximum atomic E-state index is 13.2. The molecule has 0 spiro atoms. The van der Waals surface area contributed by atoms with Crippen LogP contribution in [0, 0.1) is 0 Å². The summed E-state index contributed by atoms with van der Waals surface area (Å²) in [5, 5.41) is 13.3. The van der Waals surface area contributed by atoms with E-state index >= 15 is 0 Å². The van der Waals surface area contributed by atoms with Crippen LogP contribution in [0.1, 0.15) is 54.4 Å². The van der Waals surface area contributed by atoms with Crippen molar-refractivity contribution in [2.75, 3.05) is 51.8 Å². The minimum atomic E-state index is -0.299. The zero-order chi connectivity index (χ0) is 30.1. The number of aromatic nitrogens is 1. The second kappa shape index (κ2) is 15.0. The van der Waals surface area contributed by atoms with E-state index in [1.165, 1.54) is 5.56 Å². The van der Waals surface area contributed by atoms with Gasteiger partial charge >= 0.3 is 6.03 Å². The van der Waals surface area contributed by atoms with Crippen LogP contribution in [0.25, 0.3) is 10.9 Å². The number of rotatable bonds is 13. The molecule has 1 fully saturated rings. The van der Waals surface area contributed by atoms with Crippen LogP contribution < -0.4 is 10.2 Å². The van der Waals surface area contributed by atoms with Gasteiger partial charge in [0.1, 0.15) is 0 Å². The molecule has 224 valence electrons. The molecule has 2 heterocycles. The Kier molecular flexibility index (Phi) is 11.1. The van der Waals surface area contributed by atoms with E-state index in [9.17, 15) is 14.7 Å². The lowest BCUT2D eigenvalue weighted by atomic mass is 9.88. The summed E-state index contributed by atoms with van der Waals surface area (Å²) in [5.41, 5.74) is 4.60. The van der Waals surface area contributed by atoms with Crippen LogP contribution in [-0.2, 0) is 4.74 Å². The molecule has 0 unspecified atom stereocenters. The summed E-state index contributed by atoms with van der Waals surface area (Å²) in [4.78, 5) is 29.9. The van der Waals surface area contributed by atoms with Crippen LogP contribution in [0.4, 0.5) is 10.5 Å². The fourth-order valence-electron chi connectivity index (χ4n) is 5.75. The number of carbonyl (C=O) groups excluding carboxylic acids is 2. The molecular formula is C34H44N4O4. The van der Waals surface area contributed by atoms with E-state index in [2.05, 4.69) is 33.8 Å². The molecule has 0 saturated carbocycles. The third-order valence-corrected chi connectivity index (χ3v) is 7.98. The number of anilines is 1. The number of β-amino-alcohol motifs (C(OH)–C–C–N with tert-alkyl or cyclic N) is 1. The summed E-state index contributed by atoms with van der Waals surface area (Å²) in [6.07, 6.45) is 8.37. The number of nitrogens with zero attached hydrogens (tertiary/aromatic N) is 3. The van der Waals surface area contributed by atoms with Crippen molar-refractivity contribution in [1.29, 1.82) is 0 Å². The van der Waals surface area contributed by atoms with Crippen molar-refractivity contribution in [3.63, 3.8) is 0 Å². The number of methoxy groups -OCH3 is 1. The third-order valence-electron chi connectivity index (χ3n) is 7.98. The number of aliphatic hydroxyl groups excluding tert-OH is 1. The predicted molar refractivity (Wildman–Crippen MR) is 169 cm³/mol. The molecule has 8 nitrogen and oxygen atoms in total. The Balaban J connectivity index is 1.46. The van der Waals surface area contributed by atoms with Crippen molar-refractivity contribution in [2.24, 2.45) is 0 Å². The SMILES string of the molecule is C=C/C(=C\CC(=O)c1ccc(C2CCN(C[C@@H](C)O)CC2)cc1)N(CCCOC)c1ccc2c(ccn2C(=O)NC)c1. The number of Topliss-reactive ketones (excluding diaryl/α,β-unsaturated/α-hetero) is 1. The Hall–Kier alpha value is -3.72. The quantitative estimate of drug-likeness (QED) is 0.158. The Bertz CT molecular complexity index is 1380. The van der Waals surface area contributed by atoms with E-state index in [1.807, 2.05) is 49.4 Å². The zero-order valence-electron chi connectivity index (χ0n) is 25.1. The first-order valence-corrected chi connectivity index (χ1v) is 14.8. The fourth-order valence-corrected chi connectivity index (χ4v) is 5.75. The highest BCUT2D eigenvalue weighted by Gasteiger charge is 2.21. The van der Waals surface area contributed by atoms with Crippen LogP contribution in [0.5, 0.6) is 0 Å². The Morgan fingerprint density at radius 1 is 1.17 bits per heavy atom. The predicted octanol–water partition coefficient (Wildman–Crippen LogP) is 5.57. The number of amides is 1. The van der Waals surface area contributed by atoms with Gasteiger partial charge in [0.2, 0.25) is 0 Å². The Labute approximate surface area is 249 Å². The minimum absolute atomic E-state index is 0.0580. The average Bonchev–Trinajstić information content (AvgIpc) is 3.43. The fraction of sp³-hybridized carbons (Fsp3) is 0.412. The second-order valence-electron chi connectivity index (χ2n) is 11.0. The van der Waals surface area contributed by atoms with Gasteiger partial charge in [0.25, 0.3) is 0 Å². The van der Waals surface area contributed by atoms with Crippen molar-refractivity contribution in [3.05, 3.63) is 90.3 Å². The molecule has 3 aromatic rings. The summed E-state index contributed by atoms with van der Waals surface area (Å²) in [5.74, 6) is 0.542. The molecule has 1 aliphatic rings. The number of likely N-dealkylation sites (tertiary alicyclic amines) is 1. The molecule has 8 heteroatoms. The number of nitrogens with one attached hydrogen (secondary N) is 1. The number of allylic oxidation sites excluding steroid dienone is 2. The van der Waals surface area contributed by atoms with E-state index in [-0.39, 0.29) is 24.3 Å². The van der Waals surface area contributed by atoms with Gasteiger partial charge in [-0.25, -0.2) is 4.79 Å². The Morgan fingerprint density at radius 2 is 1.90 bits per heavy atom. The topological polar surface area (TPSA) is 87.0 Å². The highest BCUT2D eigenvalue weighted by Crippen LogP contribution is 2.29. The van der Waals surface area contributed by atoms with Gasteiger partial charge in [0.05, 0.1) is 11.6 Å². The first kappa shape index (κ1) is 31.2. The van der Waals surface area contributed by atoms with Crippen molar-refractivity contribution < 1.29 is 19.4 Å². The molecular weight excluding hydrogens is 528 g/mol. The highest BCUT2D eigenvalue weighted by atomic mass is 16.5. The zero-order valence-corrected chi connectivity index (χ0v) is 25.1. The summed E-state index contributed by atoms with van der Waals surface area (Å²) in [6, 6.07) is 15.8. The lowest BCUT2D eigenvalue weighted by molar-refractivity contribution is 0.0995. The number of hydrogen-bond acceptors (Lipinski definition) is 6. The summed E-state index contributed by atoms with van der Waals surface area (Å²) < 4.78 is 6.88. The van der Waals surface area contributed by atoms with Gasteiger partial charge < -0.3 is 25.0 Å². The van der Waals surface area contributed by atoms with Crippen molar-refractivity contribution in [1.82, 2.24) is 14.8 Å². The lowest BCUT2D eigenvalue weighted by Crippen LogP contribution is -2.37. The van der Waals surface area contributed by atoms with E-state index in [0.717, 1.165) is 61.2 Å². The maximum Gasteiger partial charge on any atom is 0.325 e. The molecule has 1 aliphatic heterocycles. The molecule has 0 radical (unpaired) electrons. The third kappa shape index (κ3) is 7.76. The molecule has 0 aliphatic carbocycles. The Morgan fingerprint density at radius 3 is 2.55 bits per heavy atom. The van der Waals surface area contributed by atoms with Gasteiger partial charge in [-0.05, 0) is 81.1 Å². The van der Waals surface area contributed by atoms with E-state index < -0.39 is 0 Å². The normalized spacial score (nSPS) is 15.5. The molecule has 42 heavy (non-hydrogen) atoms. The lowest BCUT2D eigenvalue weighted by Gasteiger charge is -2.32. The van der Waals surface area contributed by atoms with Gasteiger partial charge in [0.15, 0.2) is 5.78 Å². The number of ether oxygens (including phenoxy) is 1. The molecule has 4 rings (SSSR count). The summed E-state index contributed by atoms with van der Waals surface area (Å²) in [7, 11) is 3.30. The van der Waals surface area contributed by atoms with Crippen LogP contribution in [0.3, 0.4) is 0 Å². The number of ketones is 1. The van der Waals surface area contributed by atoms with Crippen LogP contribution >= 0.6 is 0 Å². The number of fused-ring (bicyclic) bond motifs is 1. The summed E-state index contributed by atoms with van der Waals surface area (Å²) >= 11 is 0. The molecule has 1 atom stereocenters. The highest BCUT2D eigenvalue weighted by molar-refractivity contribution is 5.97. The van der Waals surface area contributed by atoms with E-state index in [1.54, 1.807) is 31.0 Å². The van der Waals surface area contributed by atoms with Gasteiger partial charge in [-0.2, -0.15) is 0 Å². The first-order valence-electron chi connectivity index (χ1n) is 14.8. The molecule has 1 saturated heterocycles. The monoisotopic (exact) mass is 572 g/mol. The van der Waals surface area contributed by atoms with Gasteiger partial charge in [0, 0.05) is 68.8 Å². The van der Waals surface area contributed by atoms with Gasteiger partial charge in [-0.15, -0.1) is 0 Å². The number of aliphatic hydroxyl groups is 1. The molecule has 2 aromatic carbocycles. The van der Waals surface area contributed by atoms with Crippen molar-refractivity contribution in [3.8, 4) is 0 Å². The van der Waals surface area contributed by atoms with Crippen LogP contribution in [0.15, 0.2) is 79.2 Å². The molecule has 0 bridgehead atoms. The summed E-state index contributed by atoms with van der Waals surface area (Å²) in [6.45, 7) is 9.88. The van der Waals surface area contributed by atoms with Crippen molar-refractivity contribution >= 4 is 28.4 Å². The van der Waals surface area contributed by atoms with Crippen molar-refractivity contribution in [2.45, 2.75) is 44.6 Å². The van der Waals surface area contributed by atoms with Gasteiger partial charge in [-0.3, -0.25) is 9.36 Å². The van der Waals surface area contributed by atoms with Crippen LogP contribution in [-0.4, -0.2) is 79.4 Å². The number of piperidine rings is 1. The number of carbonyl (C=O) groups is 2. The van der Waals surface area contributed by atoms with E-state index in [0.29, 0.717) is 24.6 Å².